The van der Waals surface area contributed by atoms with Crippen LogP contribution in [0, 0.1) is 5.82 Å². The molecule has 0 heterocycles. The van der Waals surface area contributed by atoms with Crippen molar-refractivity contribution < 1.29 is 18.7 Å². The molecule has 0 amide bonds. The zero-order valence-corrected chi connectivity index (χ0v) is 11.8. The third kappa shape index (κ3) is 3.69. The Morgan fingerprint density at radius 2 is 1.67 bits per heavy atom. The lowest BCUT2D eigenvalue weighted by Gasteiger charge is -2.07. The Morgan fingerprint density at radius 1 is 1.00 bits per heavy atom. The maximum Gasteiger partial charge on any atom is 0.185 e. The van der Waals surface area contributed by atoms with Crippen molar-refractivity contribution in [1.29, 1.82) is 0 Å². The number of rotatable bonds is 5. The minimum Gasteiger partial charge on any atom is -0.493 e. The molecule has 0 saturated carbocycles. The van der Waals surface area contributed by atoms with Crippen molar-refractivity contribution in [1.82, 2.24) is 0 Å². The number of allylic oxidation sites excluding steroid dienone is 1. The molecule has 0 bridgehead atoms. The van der Waals surface area contributed by atoms with E-state index in [2.05, 4.69) is 0 Å². The zero-order chi connectivity index (χ0) is 15.2. The Morgan fingerprint density at radius 3 is 2.29 bits per heavy atom. The molecule has 0 aliphatic carbocycles. The molecule has 2 rings (SSSR count). The molecule has 0 fully saturated rings. The predicted molar refractivity (Wildman–Crippen MR) is 79.3 cm³/mol. The molecule has 0 atom stereocenters. The highest BCUT2D eigenvalue weighted by atomic mass is 19.1. The first-order chi connectivity index (χ1) is 10.1. The molecule has 0 spiro atoms. The normalized spacial score (nSPS) is 10.6. The van der Waals surface area contributed by atoms with Crippen molar-refractivity contribution in [2.45, 2.75) is 0 Å². The molecule has 108 valence electrons. The van der Waals surface area contributed by atoms with E-state index >= 15 is 0 Å². The van der Waals surface area contributed by atoms with Crippen molar-refractivity contribution in [3.63, 3.8) is 0 Å². The molecule has 0 radical (unpaired) electrons. The maximum atomic E-state index is 12.8. The van der Waals surface area contributed by atoms with Crippen molar-refractivity contribution >= 4 is 11.9 Å². The second-order valence-electron chi connectivity index (χ2n) is 4.32. The van der Waals surface area contributed by atoms with Crippen molar-refractivity contribution in [3.05, 3.63) is 65.5 Å². The van der Waals surface area contributed by atoms with Crippen molar-refractivity contribution in [2.75, 3.05) is 14.2 Å². The Balaban J connectivity index is 2.18. The first-order valence-electron chi connectivity index (χ1n) is 6.34. The van der Waals surface area contributed by atoms with E-state index in [0.717, 1.165) is 5.56 Å². The minimum absolute atomic E-state index is 0.166. The molecule has 3 nitrogen and oxygen atoms in total. The van der Waals surface area contributed by atoms with Gasteiger partial charge in [0.15, 0.2) is 17.3 Å². The van der Waals surface area contributed by atoms with Crippen LogP contribution >= 0.6 is 0 Å². The fourth-order valence-electron chi connectivity index (χ4n) is 1.83. The number of ketones is 1. The molecule has 4 heteroatoms. The highest BCUT2D eigenvalue weighted by Gasteiger charge is 2.08. The van der Waals surface area contributed by atoms with Crippen LogP contribution in [0.2, 0.25) is 0 Å². The summed E-state index contributed by atoms with van der Waals surface area (Å²) < 4.78 is 23.1. The number of methoxy groups -OCH3 is 2. The van der Waals surface area contributed by atoms with Crippen LogP contribution in [0.5, 0.6) is 11.5 Å². The Hall–Kier alpha value is -2.62. The van der Waals surface area contributed by atoms with Crippen LogP contribution in [0.3, 0.4) is 0 Å². The van der Waals surface area contributed by atoms with Gasteiger partial charge in [0.25, 0.3) is 0 Å². The Labute approximate surface area is 122 Å². The molecule has 0 N–H and O–H groups in total. The number of hydrogen-bond donors (Lipinski definition) is 0. The maximum absolute atomic E-state index is 12.8. The third-order valence-corrected chi connectivity index (χ3v) is 2.97. The molecule has 21 heavy (non-hydrogen) atoms. The minimum atomic E-state index is -0.307. The van der Waals surface area contributed by atoms with E-state index in [-0.39, 0.29) is 11.6 Å². The van der Waals surface area contributed by atoms with Gasteiger partial charge in [-0.25, -0.2) is 4.39 Å². The van der Waals surface area contributed by atoms with Crippen LogP contribution in [0.4, 0.5) is 4.39 Å². The Bertz CT molecular complexity index is 660. The van der Waals surface area contributed by atoms with Gasteiger partial charge in [0, 0.05) is 5.56 Å². The fraction of sp³-hybridized carbons (Fsp3) is 0.118. The van der Waals surface area contributed by atoms with Crippen LogP contribution in [-0.2, 0) is 0 Å². The molecule has 2 aromatic rings. The van der Waals surface area contributed by atoms with Crippen LogP contribution in [0.25, 0.3) is 6.08 Å². The summed E-state index contributed by atoms with van der Waals surface area (Å²) in [6.07, 6.45) is 3.08. The van der Waals surface area contributed by atoms with Gasteiger partial charge in [-0.2, -0.15) is 0 Å². The van der Waals surface area contributed by atoms with Crippen LogP contribution < -0.4 is 9.47 Å². The van der Waals surface area contributed by atoms with Gasteiger partial charge in [0.1, 0.15) is 5.82 Å². The highest BCUT2D eigenvalue weighted by molar-refractivity contribution is 6.07. The standard InChI is InChI=1S/C17H15FO3/c1-20-16-10-6-13(11-17(16)21-2)15(19)9-5-12-3-7-14(18)8-4-12/h3-11H,1-2H3. The molecule has 0 aliphatic rings. The molecule has 2 aromatic carbocycles. The van der Waals surface area contributed by atoms with Gasteiger partial charge in [0.2, 0.25) is 0 Å². The summed E-state index contributed by atoms with van der Waals surface area (Å²) in [4.78, 5) is 12.1. The summed E-state index contributed by atoms with van der Waals surface area (Å²) in [5.41, 5.74) is 1.25. The van der Waals surface area contributed by atoms with E-state index in [0.29, 0.717) is 17.1 Å². The second-order valence-corrected chi connectivity index (χ2v) is 4.32. The van der Waals surface area contributed by atoms with E-state index in [4.69, 9.17) is 9.47 Å². The van der Waals surface area contributed by atoms with E-state index in [1.54, 1.807) is 36.4 Å². The molecular formula is C17H15FO3. The number of benzene rings is 2. The summed E-state index contributed by atoms with van der Waals surface area (Å²) in [5.74, 6) is 0.591. The second kappa shape index (κ2) is 6.70. The van der Waals surface area contributed by atoms with Gasteiger partial charge in [0.05, 0.1) is 14.2 Å². The summed E-state index contributed by atoms with van der Waals surface area (Å²) in [6, 6.07) is 10.9. The first kappa shape index (κ1) is 14.8. The van der Waals surface area contributed by atoms with E-state index in [9.17, 15) is 9.18 Å². The van der Waals surface area contributed by atoms with Crippen LogP contribution in [0.15, 0.2) is 48.5 Å². The monoisotopic (exact) mass is 286 g/mol. The highest BCUT2D eigenvalue weighted by Crippen LogP contribution is 2.27. The SMILES string of the molecule is COc1ccc(C(=O)C=Cc2ccc(F)cc2)cc1OC. The lowest BCUT2D eigenvalue weighted by atomic mass is 10.1. The van der Waals surface area contributed by atoms with E-state index in [1.165, 1.54) is 32.4 Å². The van der Waals surface area contributed by atoms with Gasteiger partial charge in [-0.15, -0.1) is 0 Å². The average Bonchev–Trinajstić information content (AvgIpc) is 2.53. The lowest BCUT2D eigenvalue weighted by molar-refractivity contribution is 0.104. The topological polar surface area (TPSA) is 35.5 Å². The molecule has 0 aliphatic heterocycles. The first-order valence-corrected chi connectivity index (χ1v) is 6.34. The lowest BCUT2D eigenvalue weighted by Crippen LogP contribution is -1.97. The number of halogens is 1. The van der Waals surface area contributed by atoms with E-state index in [1.807, 2.05) is 0 Å². The number of hydrogen-bond acceptors (Lipinski definition) is 3. The number of ether oxygens (including phenoxy) is 2. The van der Waals surface area contributed by atoms with Gasteiger partial charge in [-0.05, 0) is 42.0 Å². The smallest absolute Gasteiger partial charge is 0.185 e. The van der Waals surface area contributed by atoms with Crippen molar-refractivity contribution in [2.24, 2.45) is 0 Å². The summed E-state index contributed by atoms with van der Waals surface area (Å²) in [5, 5.41) is 0. The van der Waals surface area contributed by atoms with Gasteiger partial charge in [-0.3, -0.25) is 4.79 Å². The summed E-state index contributed by atoms with van der Waals surface area (Å²) in [6.45, 7) is 0. The van der Waals surface area contributed by atoms with Crippen LogP contribution in [-0.4, -0.2) is 20.0 Å². The third-order valence-electron chi connectivity index (χ3n) is 2.97. The molecular weight excluding hydrogens is 271 g/mol. The van der Waals surface area contributed by atoms with Gasteiger partial charge in [-0.1, -0.05) is 18.2 Å². The number of carbonyl (C=O) groups excluding carboxylic acids is 1. The van der Waals surface area contributed by atoms with Crippen LogP contribution in [0.1, 0.15) is 15.9 Å². The van der Waals surface area contributed by atoms with Gasteiger partial charge >= 0.3 is 0 Å². The van der Waals surface area contributed by atoms with Gasteiger partial charge < -0.3 is 9.47 Å². The fourth-order valence-corrected chi connectivity index (χ4v) is 1.83. The average molecular weight is 286 g/mol. The van der Waals surface area contributed by atoms with Crippen molar-refractivity contribution in [3.8, 4) is 11.5 Å². The predicted octanol–water partition coefficient (Wildman–Crippen LogP) is 3.74. The Kier molecular flexibility index (Phi) is 4.72. The molecule has 0 saturated heterocycles. The molecule has 0 aromatic heterocycles. The quantitative estimate of drug-likeness (QED) is 0.620. The van der Waals surface area contributed by atoms with E-state index < -0.39 is 0 Å². The number of carbonyl (C=O) groups is 1. The summed E-state index contributed by atoms with van der Waals surface area (Å²) >= 11 is 0. The zero-order valence-electron chi connectivity index (χ0n) is 11.8. The largest absolute Gasteiger partial charge is 0.493 e. The summed E-state index contributed by atoms with van der Waals surface area (Å²) in [7, 11) is 3.05. The molecule has 0 unspecified atom stereocenters.